The van der Waals surface area contributed by atoms with Gasteiger partial charge in [-0.1, -0.05) is 0 Å². The number of methoxy groups -OCH3 is 1. The van der Waals surface area contributed by atoms with E-state index in [1.54, 1.807) is 18.1 Å². The van der Waals surface area contributed by atoms with Crippen molar-refractivity contribution < 1.29 is 9.53 Å². The smallest absolute Gasteiger partial charge is 0.255 e. The fraction of sp³-hybridized carbons (Fsp3) is 0.417. The van der Waals surface area contributed by atoms with Crippen LogP contribution in [-0.2, 0) is 0 Å². The Kier molecular flexibility index (Phi) is 3.69. The van der Waals surface area contributed by atoms with Crippen LogP contribution in [0, 0.1) is 0 Å². The van der Waals surface area contributed by atoms with Gasteiger partial charge in [-0.05, 0) is 40.5 Å². The number of carbonyl (C=O) groups excluding carboxylic acids is 1. The summed E-state index contributed by atoms with van der Waals surface area (Å²) in [7, 11) is 1.59. The van der Waals surface area contributed by atoms with Crippen LogP contribution in [-0.4, -0.2) is 37.0 Å². The van der Waals surface area contributed by atoms with E-state index < -0.39 is 0 Å². The number of amides is 1. The fourth-order valence-corrected chi connectivity index (χ4v) is 2.35. The zero-order valence-electron chi connectivity index (χ0n) is 9.65. The molecule has 2 rings (SSSR count). The molecule has 1 amide bonds. The molecule has 1 aromatic carbocycles. The predicted molar refractivity (Wildman–Crippen MR) is 69.2 cm³/mol. The maximum absolute atomic E-state index is 12.3. The maximum Gasteiger partial charge on any atom is 0.255 e. The highest BCUT2D eigenvalue weighted by Crippen LogP contribution is 2.24. The zero-order valence-corrected chi connectivity index (χ0v) is 11.2. The third kappa shape index (κ3) is 2.61. The molecule has 5 heteroatoms. The average molecular weight is 299 g/mol. The number of hydrogen-bond donors (Lipinski definition) is 1. The Labute approximate surface area is 109 Å². The lowest BCUT2D eigenvalue weighted by Crippen LogP contribution is -2.32. The van der Waals surface area contributed by atoms with Crippen molar-refractivity contribution in [3.8, 4) is 5.75 Å². The van der Waals surface area contributed by atoms with Gasteiger partial charge >= 0.3 is 0 Å². The lowest BCUT2D eigenvalue weighted by atomic mass is 10.2. The Hall–Kier alpha value is -1.07. The van der Waals surface area contributed by atoms with Crippen molar-refractivity contribution in [2.75, 3.05) is 20.2 Å². The van der Waals surface area contributed by atoms with Crippen LogP contribution in [0.5, 0.6) is 5.75 Å². The molecule has 1 fully saturated rings. The van der Waals surface area contributed by atoms with E-state index in [0.29, 0.717) is 17.9 Å². The van der Waals surface area contributed by atoms with Gasteiger partial charge in [-0.2, -0.15) is 0 Å². The Morgan fingerprint density at radius 1 is 1.59 bits per heavy atom. The minimum absolute atomic E-state index is 0.00345. The summed E-state index contributed by atoms with van der Waals surface area (Å²) in [5, 5.41) is 0. The summed E-state index contributed by atoms with van der Waals surface area (Å²) in [6.07, 6.45) is 0.868. The third-order valence-electron chi connectivity index (χ3n) is 2.92. The number of hydrogen-bond acceptors (Lipinski definition) is 3. The maximum atomic E-state index is 12.3. The Bertz CT molecular complexity index is 437. The molecule has 1 heterocycles. The molecule has 2 N–H and O–H groups in total. The quantitative estimate of drug-likeness (QED) is 0.903. The molecular weight excluding hydrogens is 284 g/mol. The summed E-state index contributed by atoms with van der Waals surface area (Å²) in [5.41, 5.74) is 6.43. The van der Waals surface area contributed by atoms with E-state index in [9.17, 15) is 4.79 Å². The summed E-state index contributed by atoms with van der Waals surface area (Å²) in [6, 6.07) is 5.48. The number of nitrogens with zero attached hydrogens (tertiary/aromatic N) is 1. The molecule has 0 radical (unpaired) electrons. The van der Waals surface area contributed by atoms with E-state index in [-0.39, 0.29) is 11.9 Å². The summed E-state index contributed by atoms with van der Waals surface area (Å²) in [6.45, 7) is 1.35. The van der Waals surface area contributed by atoms with Crippen LogP contribution in [0.4, 0.5) is 0 Å². The normalized spacial score (nSPS) is 19.5. The van der Waals surface area contributed by atoms with Crippen molar-refractivity contribution in [2.24, 2.45) is 5.73 Å². The van der Waals surface area contributed by atoms with Gasteiger partial charge in [-0.3, -0.25) is 4.79 Å². The lowest BCUT2D eigenvalue weighted by molar-refractivity contribution is 0.0789. The summed E-state index contributed by atoms with van der Waals surface area (Å²) in [4.78, 5) is 14.0. The molecule has 0 spiro atoms. The van der Waals surface area contributed by atoms with Crippen molar-refractivity contribution in [3.63, 3.8) is 0 Å². The van der Waals surface area contributed by atoms with Gasteiger partial charge in [-0.15, -0.1) is 0 Å². The van der Waals surface area contributed by atoms with E-state index >= 15 is 0 Å². The van der Waals surface area contributed by atoms with Gasteiger partial charge in [0.15, 0.2) is 0 Å². The Morgan fingerprint density at radius 3 is 2.94 bits per heavy atom. The molecule has 1 aromatic rings. The van der Waals surface area contributed by atoms with E-state index in [1.807, 2.05) is 12.1 Å². The minimum atomic E-state index is 0.00345. The van der Waals surface area contributed by atoms with Gasteiger partial charge in [0, 0.05) is 23.6 Å². The molecule has 0 saturated carbocycles. The Morgan fingerprint density at radius 2 is 2.35 bits per heavy atom. The number of likely N-dealkylation sites (tertiary alicyclic amines) is 1. The summed E-state index contributed by atoms with van der Waals surface area (Å²) < 4.78 is 5.91. The number of rotatable bonds is 2. The second-order valence-corrected chi connectivity index (χ2v) is 5.00. The van der Waals surface area contributed by atoms with Crippen LogP contribution in [0.3, 0.4) is 0 Å². The van der Waals surface area contributed by atoms with Crippen molar-refractivity contribution in [1.82, 2.24) is 4.90 Å². The largest absolute Gasteiger partial charge is 0.497 e. The first-order chi connectivity index (χ1) is 8.11. The van der Waals surface area contributed by atoms with Crippen molar-refractivity contribution >= 4 is 21.8 Å². The first-order valence-electron chi connectivity index (χ1n) is 5.50. The second-order valence-electron chi connectivity index (χ2n) is 4.15. The molecule has 17 heavy (non-hydrogen) atoms. The van der Waals surface area contributed by atoms with E-state index in [1.165, 1.54) is 0 Å². The van der Waals surface area contributed by atoms with Crippen LogP contribution in [0.25, 0.3) is 0 Å². The zero-order chi connectivity index (χ0) is 12.4. The van der Waals surface area contributed by atoms with Gasteiger partial charge in [-0.25, -0.2) is 0 Å². The monoisotopic (exact) mass is 298 g/mol. The molecule has 1 aliphatic heterocycles. The highest BCUT2D eigenvalue weighted by Gasteiger charge is 2.25. The van der Waals surface area contributed by atoms with Gasteiger partial charge in [0.1, 0.15) is 5.75 Å². The molecular formula is C12H15BrN2O2. The van der Waals surface area contributed by atoms with Gasteiger partial charge in [0.05, 0.1) is 12.7 Å². The van der Waals surface area contributed by atoms with Crippen LogP contribution >= 0.6 is 15.9 Å². The molecule has 1 aliphatic rings. The standard InChI is InChI=1S/C12H15BrN2O2/c1-17-9-2-3-11(13)10(6-9)12(16)15-5-4-8(14)7-15/h2-3,6,8H,4-5,7,14H2,1H3/t8-/m0/s1. The number of ether oxygens (including phenoxy) is 1. The first-order valence-corrected chi connectivity index (χ1v) is 6.29. The van der Waals surface area contributed by atoms with Gasteiger partial charge < -0.3 is 15.4 Å². The second kappa shape index (κ2) is 5.06. The fourth-order valence-electron chi connectivity index (χ4n) is 1.94. The van der Waals surface area contributed by atoms with Crippen molar-refractivity contribution in [3.05, 3.63) is 28.2 Å². The number of benzene rings is 1. The molecule has 92 valence electrons. The SMILES string of the molecule is COc1ccc(Br)c(C(=O)N2CC[C@H](N)C2)c1. The van der Waals surface area contributed by atoms with E-state index in [4.69, 9.17) is 10.5 Å². The van der Waals surface area contributed by atoms with Crippen molar-refractivity contribution in [2.45, 2.75) is 12.5 Å². The average Bonchev–Trinajstić information content (AvgIpc) is 2.76. The molecule has 4 nitrogen and oxygen atoms in total. The van der Waals surface area contributed by atoms with Crippen LogP contribution in [0.2, 0.25) is 0 Å². The topological polar surface area (TPSA) is 55.6 Å². The molecule has 0 aromatic heterocycles. The molecule has 0 aliphatic carbocycles. The van der Waals surface area contributed by atoms with Gasteiger partial charge in [0.2, 0.25) is 0 Å². The lowest BCUT2D eigenvalue weighted by Gasteiger charge is -2.17. The summed E-state index contributed by atoms with van der Waals surface area (Å²) >= 11 is 3.39. The number of nitrogens with two attached hydrogens (primary N) is 1. The first kappa shape index (κ1) is 12.4. The highest BCUT2D eigenvalue weighted by molar-refractivity contribution is 9.10. The van der Waals surface area contributed by atoms with Gasteiger partial charge in [0.25, 0.3) is 5.91 Å². The van der Waals surface area contributed by atoms with E-state index in [0.717, 1.165) is 17.4 Å². The van der Waals surface area contributed by atoms with Crippen LogP contribution in [0.1, 0.15) is 16.8 Å². The highest BCUT2D eigenvalue weighted by atomic mass is 79.9. The van der Waals surface area contributed by atoms with Crippen LogP contribution in [0.15, 0.2) is 22.7 Å². The molecule has 0 bridgehead atoms. The summed E-state index contributed by atoms with van der Waals surface area (Å²) in [5.74, 6) is 0.684. The molecule has 1 saturated heterocycles. The predicted octanol–water partition coefficient (Wildman–Crippen LogP) is 1.63. The number of halogens is 1. The van der Waals surface area contributed by atoms with Crippen molar-refractivity contribution in [1.29, 1.82) is 0 Å². The Balaban J connectivity index is 2.24. The molecule has 0 unspecified atom stereocenters. The van der Waals surface area contributed by atoms with Crippen LogP contribution < -0.4 is 10.5 Å². The minimum Gasteiger partial charge on any atom is -0.497 e. The van der Waals surface area contributed by atoms with E-state index in [2.05, 4.69) is 15.9 Å². The molecule has 1 atom stereocenters. The third-order valence-corrected chi connectivity index (χ3v) is 3.61. The number of carbonyl (C=O) groups is 1.